The van der Waals surface area contributed by atoms with E-state index in [1.807, 2.05) is 31.2 Å². The Kier molecular flexibility index (Phi) is 5.78. The largest absolute Gasteiger partial charge is 0.322 e. The second-order valence-corrected chi connectivity index (χ2v) is 6.31. The van der Waals surface area contributed by atoms with Gasteiger partial charge in [-0.1, -0.05) is 60.2 Å². The number of nitriles is 1. The Morgan fingerprint density at radius 3 is 2.29 bits per heavy atom. The van der Waals surface area contributed by atoms with Gasteiger partial charge < -0.3 is 5.32 Å². The molecule has 0 heterocycles. The van der Waals surface area contributed by atoms with Crippen LogP contribution in [0.25, 0.3) is 6.08 Å². The molecule has 0 unspecified atom stereocenters. The van der Waals surface area contributed by atoms with Crippen LogP contribution in [0.2, 0.25) is 0 Å². The number of nitrogens with one attached hydrogen (secondary N) is 1. The van der Waals surface area contributed by atoms with Gasteiger partial charge >= 0.3 is 0 Å². The quantitative estimate of drug-likeness (QED) is 0.391. The number of benzene rings is 3. The van der Waals surface area contributed by atoms with E-state index in [1.165, 1.54) is 6.08 Å². The summed E-state index contributed by atoms with van der Waals surface area (Å²) in [5, 5.41) is 12.2. The van der Waals surface area contributed by atoms with E-state index in [2.05, 4.69) is 5.32 Å². The molecule has 3 aromatic carbocycles. The molecule has 1 N–H and O–H groups in total. The summed E-state index contributed by atoms with van der Waals surface area (Å²) in [6.45, 7) is 1.96. The van der Waals surface area contributed by atoms with Gasteiger partial charge in [0.05, 0.1) is 0 Å². The molecule has 0 aliphatic rings. The Hall–Kier alpha value is -3.97. The predicted octanol–water partition coefficient (Wildman–Crippen LogP) is 5.04. The summed E-state index contributed by atoms with van der Waals surface area (Å²) in [5.74, 6) is -0.556. The van der Waals surface area contributed by atoms with Gasteiger partial charge in [-0.3, -0.25) is 9.59 Å². The number of rotatable bonds is 5. The topological polar surface area (TPSA) is 70.0 Å². The van der Waals surface area contributed by atoms with Crippen LogP contribution in [0.3, 0.4) is 0 Å². The molecule has 0 fully saturated rings. The van der Waals surface area contributed by atoms with Crippen molar-refractivity contribution in [1.29, 1.82) is 5.26 Å². The van der Waals surface area contributed by atoms with E-state index in [-0.39, 0.29) is 17.3 Å². The van der Waals surface area contributed by atoms with Gasteiger partial charge in [0.1, 0.15) is 11.6 Å². The first-order chi connectivity index (χ1) is 13.6. The number of hydrogen-bond donors (Lipinski definition) is 1. The van der Waals surface area contributed by atoms with Gasteiger partial charge in [-0.05, 0) is 42.8 Å². The van der Waals surface area contributed by atoms with Gasteiger partial charge in [0, 0.05) is 16.8 Å². The summed E-state index contributed by atoms with van der Waals surface area (Å²) in [7, 11) is 0. The maximum Gasteiger partial charge on any atom is 0.255 e. The zero-order valence-corrected chi connectivity index (χ0v) is 15.3. The molecule has 0 spiro atoms. The van der Waals surface area contributed by atoms with Crippen LogP contribution in [-0.2, 0) is 0 Å². The average molecular weight is 366 g/mol. The van der Waals surface area contributed by atoms with Gasteiger partial charge in [-0.25, -0.2) is 0 Å². The van der Waals surface area contributed by atoms with Crippen LogP contribution in [0.15, 0.2) is 84.4 Å². The highest BCUT2D eigenvalue weighted by Gasteiger charge is 2.12. The Balaban J connectivity index is 1.81. The van der Waals surface area contributed by atoms with Crippen LogP contribution in [0.1, 0.15) is 31.8 Å². The van der Waals surface area contributed by atoms with Crippen molar-refractivity contribution < 1.29 is 9.59 Å². The lowest BCUT2D eigenvalue weighted by molar-refractivity contribution is 0.102. The van der Waals surface area contributed by atoms with E-state index in [0.29, 0.717) is 22.4 Å². The molecule has 28 heavy (non-hydrogen) atoms. The Morgan fingerprint density at radius 1 is 0.893 bits per heavy atom. The second-order valence-electron chi connectivity index (χ2n) is 6.31. The molecule has 4 nitrogen and oxygen atoms in total. The molecule has 0 saturated heterocycles. The first kappa shape index (κ1) is 18.8. The molecule has 136 valence electrons. The maximum absolute atomic E-state index is 12.5. The number of allylic oxidation sites excluding steroid dienone is 1. The number of aryl methyl sites for hydroxylation is 1. The van der Waals surface area contributed by atoms with Crippen molar-refractivity contribution in [3.63, 3.8) is 0 Å². The molecule has 0 aliphatic heterocycles. The Morgan fingerprint density at radius 2 is 1.61 bits per heavy atom. The van der Waals surface area contributed by atoms with Crippen LogP contribution in [-0.4, -0.2) is 11.7 Å². The van der Waals surface area contributed by atoms with Gasteiger partial charge in [0.2, 0.25) is 5.78 Å². The van der Waals surface area contributed by atoms with Crippen molar-refractivity contribution in [2.75, 3.05) is 5.32 Å². The van der Waals surface area contributed by atoms with E-state index in [9.17, 15) is 14.9 Å². The van der Waals surface area contributed by atoms with Gasteiger partial charge in [0.15, 0.2) is 0 Å². The van der Waals surface area contributed by atoms with Gasteiger partial charge in [0.25, 0.3) is 5.91 Å². The second kappa shape index (κ2) is 8.61. The van der Waals surface area contributed by atoms with Crippen molar-refractivity contribution in [2.24, 2.45) is 0 Å². The van der Waals surface area contributed by atoms with Crippen LogP contribution in [0.4, 0.5) is 5.69 Å². The third kappa shape index (κ3) is 4.60. The minimum absolute atomic E-state index is 0.0354. The number of anilines is 1. The molecule has 0 bridgehead atoms. The van der Waals surface area contributed by atoms with Crippen molar-refractivity contribution in [3.05, 3.63) is 107 Å². The maximum atomic E-state index is 12.5. The summed E-state index contributed by atoms with van der Waals surface area (Å²) in [6.07, 6.45) is 1.52. The molecule has 0 atom stereocenters. The third-order valence-corrected chi connectivity index (χ3v) is 4.17. The minimum atomic E-state index is -0.336. The van der Waals surface area contributed by atoms with Crippen LogP contribution in [0.5, 0.6) is 0 Å². The summed E-state index contributed by atoms with van der Waals surface area (Å²) < 4.78 is 0. The molecule has 0 aliphatic carbocycles. The van der Waals surface area contributed by atoms with E-state index >= 15 is 0 Å². The molecule has 1 amide bonds. The third-order valence-electron chi connectivity index (χ3n) is 4.17. The first-order valence-corrected chi connectivity index (χ1v) is 8.76. The fourth-order valence-corrected chi connectivity index (χ4v) is 2.67. The van der Waals surface area contributed by atoms with Gasteiger partial charge in [-0.2, -0.15) is 5.26 Å². The summed E-state index contributed by atoms with van der Waals surface area (Å²) in [5.41, 5.74) is 3.37. The fraction of sp³-hybridized carbons (Fsp3) is 0.0417. The molecule has 0 aromatic heterocycles. The summed E-state index contributed by atoms with van der Waals surface area (Å²) >= 11 is 0. The molecule has 0 saturated carbocycles. The number of carbonyl (C=O) groups is 2. The molecular formula is C24H18N2O2. The normalized spacial score (nSPS) is 10.8. The molecular weight excluding hydrogens is 348 g/mol. The Bertz CT molecular complexity index is 1080. The summed E-state index contributed by atoms with van der Waals surface area (Å²) in [6, 6.07) is 24.9. The van der Waals surface area contributed by atoms with Crippen molar-refractivity contribution in [3.8, 4) is 6.07 Å². The predicted molar refractivity (Wildman–Crippen MR) is 110 cm³/mol. The lowest BCUT2D eigenvalue weighted by atomic mass is 10.0. The highest BCUT2D eigenvalue weighted by molar-refractivity contribution is 6.14. The first-order valence-electron chi connectivity index (χ1n) is 8.76. The molecule has 4 heteroatoms. The molecule has 3 aromatic rings. The van der Waals surface area contributed by atoms with E-state index in [0.717, 1.165) is 5.56 Å². The number of ketones is 1. The number of carbonyl (C=O) groups excluding carboxylic acids is 2. The van der Waals surface area contributed by atoms with Crippen molar-refractivity contribution in [2.45, 2.75) is 6.92 Å². The molecule has 3 rings (SSSR count). The number of nitrogens with zero attached hydrogens (tertiary/aromatic N) is 1. The van der Waals surface area contributed by atoms with E-state index < -0.39 is 0 Å². The zero-order chi connectivity index (χ0) is 19.9. The standard InChI is InChI=1S/C24H18N2O2/c1-17-10-12-20(13-11-17)24(28)26-22-9-5-6-18(15-22)14-21(16-25)23(27)19-7-3-2-4-8-19/h2-15H,1H3,(H,26,28)/b21-14+. The fourth-order valence-electron chi connectivity index (χ4n) is 2.67. The Labute approximate surface area is 163 Å². The van der Waals surface area contributed by atoms with Crippen LogP contribution >= 0.6 is 0 Å². The van der Waals surface area contributed by atoms with Gasteiger partial charge in [-0.15, -0.1) is 0 Å². The number of amides is 1. The van der Waals surface area contributed by atoms with Crippen molar-refractivity contribution >= 4 is 23.5 Å². The number of Topliss-reactive ketones (excluding diaryl/α,β-unsaturated/α-hetero) is 1. The lowest BCUT2D eigenvalue weighted by Crippen LogP contribution is -2.11. The summed E-state index contributed by atoms with van der Waals surface area (Å²) in [4.78, 5) is 24.9. The van der Waals surface area contributed by atoms with E-state index in [1.54, 1.807) is 60.7 Å². The van der Waals surface area contributed by atoms with Crippen molar-refractivity contribution in [1.82, 2.24) is 0 Å². The smallest absolute Gasteiger partial charge is 0.255 e. The van der Waals surface area contributed by atoms with Crippen LogP contribution in [0, 0.1) is 18.3 Å². The SMILES string of the molecule is Cc1ccc(C(=O)Nc2cccc(/C=C(\C#N)C(=O)c3ccccc3)c2)cc1. The minimum Gasteiger partial charge on any atom is -0.322 e. The monoisotopic (exact) mass is 366 g/mol. The van der Waals surface area contributed by atoms with E-state index in [4.69, 9.17) is 0 Å². The number of hydrogen-bond acceptors (Lipinski definition) is 3. The lowest BCUT2D eigenvalue weighted by Gasteiger charge is -2.07. The molecule has 0 radical (unpaired) electrons. The van der Waals surface area contributed by atoms with Crippen LogP contribution < -0.4 is 5.32 Å². The zero-order valence-electron chi connectivity index (χ0n) is 15.3. The average Bonchev–Trinajstić information content (AvgIpc) is 2.73. The highest BCUT2D eigenvalue weighted by Crippen LogP contribution is 2.17. The highest BCUT2D eigenvalue weighted by atomic mass is 16.1.